The van der Waals surface area contributed by atoms with Gasteiger partial charge < -0.3 is 0 Å². The van der Waals surface area contributed by atoms with Crippen molar-refractivity contribution in [3.63, 3.8) is 0 Å². The Morgan fingerprint density at radius 3 is 1.06 bits per heavy atom. The summed E-state index contributed by atoms with van der Waals surface area (Å²) >= 11 is 0. The summed E-state index contributed by atoms with van der Waals surface area (Å²) in [5.41, 5.74) is 0. The smallest absolute Gasteiger partial charge is 0.0631 e. The van der Waals surface area contributed by atoms with Crippen LogP contribution in [-0.4, -0.2) is 49.3 Å². The summed E-state index contributed by atoms with van der Waals surface area (Å²) in [5.74, 6) is 6.73. The van der Waals surface area contributed by atoms with Gasteiger partial charge in [-0.15, -0.1) is 0 Å². The molecule has 9 fully saturated rings. The van der Waals surface area contributed by atoms with E-state index in [2.05, 4.69) is 49.5 Å². The molecule has 17 unspecified atom stereocenters. The molecule has 5 aliphatic heterocycles. The first-order valence-corrected chi connectivity index (χ1v) is 22.3. The molecule has 0 amide bonds. The van der Waals surface area contributed by atoms with Crippen molar-refractivity contribution in [1.29, 1.82) is 0 Å². The van der Waals surface area contributed by atoms with Crippen molar-refractivity contribution in [2.75, 3.05) is 0 Å². The summed E-state index contributed by atoms with van der Waals surface area (Å²) in [6.07, 6.45) is 35.6. The molecule has 1 radical (unpaired) electrons. The van der Waals surface area contributed by atoms with E-state index in [9.17, 15) is 0 Å². The molecule has 9 rings (SSSR count). The van der Waals surface area contributed by atoms with Crippen LogP contribution in [0.3, 0.4) is 0 Å². The minimum absolute atomic E-state index is 0. The second-order valence-corrected chi connectivity index (χ2v) is 18.8. The molecule has 5 heterocycles. The molecule has 0 spiro atoms. The molecule has 8 nitrogen and oxygen atoms in total. The maximum Gasteiger partial charge on any atom is 0.0631 e. The summed E-state index contributed by atoms with van der Waals surface area (Å²) in [6.45, 7) is 2.34. The van der Waals surface area contributed by atoms with E-state index in [0.717, 1.165) is 53.3 Å². The maximum absolute atomic E-state index is 4.42. The fourth-order valence-corrected chi connectivity index (χ4v) is 13.9. The number of hydrogen-bond acceptors (Lipinski definition) is 8. The zero-order valence-corrected chi connectivity index (χ0v) is 32.3. The van der Waals surface area contributed by atoms with E-state index >= 15 is 0 Å². The summed E-state index contributed by atoms with van der Waals surface area (Å²) in [4.78, 5) is 0. The van der Waals surface area contributed by atoms with Crippen molar-refractivity contribution in [3.8, 4) is 0 Å². The molecule has 0 aromatic carbocycles. The normalized spacial score (nSPS) is 49.7. The van der Waals surface area contributed by atoms with Crippen LogP contribution >= 0.6 is 0 Å². The van der Waals surface area contributed by atoms with Crippen LogP contribution in [0.1, 0.15) is 155 Å². The molecular weight excluding hydrogens is 668 g/mol. The Morgan fingerprint density at radius 1 is 0.340 bits per heavy atom. The minimum Gasteiger partial charge on any atom is -0.286 e. The van der Waals surface area contributed by atoms with Gasteiger partial charge >= 0.3 is 0 Å². The molecule has 5 saturated heterocycles. The molecule has 4 aliphatic carbocycles. The summed E-state index contributed by atoms with van der Waals surface area (Å²) in [7, 11) is 0. The van der Waals surface area contributed by atoms with Gasteiger partial charge in [0.05, 0.1) is 49.3 Å². The van der Waals surface area contributed by atoms with E-state index in [4.69, 9.17) is 0 Å². The van der Waals surface area contributed by atoms with E-state index in [1.807, 2.05) is 0 Å². The predicted molar refractivity (Wildman–Crippen MR) is 199 cm³/mol. The van der Waals surface area contributed by atoms with Gasteiger partial charge in [-0.2, -0.15) is 0 Å². The fraction of sp³-hybridized carbons (Fsp3) is 1.00. The molecule has 8 bridgehead atoms. The summed E-state index contributed by atoms with van der Waals surface area (Å²) in [5, 5.41) is 34.5. The molecule has 9 heteroatoms. The van der Waals surface area contributed by atoms with Crippen molar-refractivity contribution >= 4 is 0 Å². The van der Waals surface area contributed by atoms with E-state index in [-0.39, 0.29) is 17.1 Å². The number of rotatable bonds is 8. The second kappa shape index (κ2) is 16.9. The van der Waals surface area contributed by atoms with Crippen molar-refractivity contribution in [2.24, 2.45) is 53.3 Å². The van der Waals surface area contributed by atoms with Gasteiger partial charge in [0.1, 0.15) is 0 Å². The number of unbranched alkanes of at least 4 members (excludes halogenated alkanes) is 6. The quantitative estimate of drug-likeness (QED) is 0.114. The third-order valence-corrected chi connectivity index (χ3v) is 16.2. The Hall–Kier alpha value is 0.199. The van der Waals surface area contributed by atoms with Crippen LogP contribution < -0.4 is 42.5 Å². The third kappa shape index (κ3) is 7.43. The SMILES string of the molecule is CCCCCCCCCC1CCCC2C3NC4NC(NC5NC(NC6NC(NC(N3)C12)C1CCCCC61)C1CCCCC51)C1CCCCC41.[Cu]. The topological polar surface area (TPSA) is 96.2 Å². The van der Waals surface area contributed by atoms with Gasteiger partial charge in [0, 0.05) is 17.1 Å². The molecule has 0 aromatic rings. The predicted octanol–water partition coefficient (Wildman–Crippen LogP) is 5.97. The van der Waals surface area contributed by atoms with Crippen molar-refractivity contribution in [2.45, 2.75) is 204 Å². The first kappa shape index (κ1) is 37.1. The average Bonchev–Trinajstić information content (AvgIpc) is 3.87. The molecule has 289 valence electrons. The maximum atomic E-state index is 4.42. The Kier molecular flexibility index (Phi) is 12.6. The fourth-order valence-electron chi connectivity index (χ4n) is 13.9. The van der Waals surface area contributed by atoms with Crippen LogP contribution in [0.2, 0.25) is 0 Å². The van der Waals surface area contributed by atoms with Crippen LogP contribution in [0.25, 0.3) is 0 Å². The van der Waals surface area contributed by atoms with Gasteiger partial charge in [0.2, 0.25) is 0 Å². The van der Waals surface area contributed by atoms with Crippen LogP contribution in [0.15, 0.2) is 0 Å². The van der Waals surface area contributed by atoms with Crippen LogP contribution in [0.4, 0.5) is 0 Å². The summed E-state index contributed by atoms with van der Waals surface area (Å²) < 4.78 is 0. The van der Waals surface area contributed by atoms with Crippen LogP contribution in [-0.2, 0) is 17.1 Å². The van der Waals surface area contributed by atoms with Crippen molar-refractivity contribution < 1.29 is 17.1 Å². The number of hydrogen-bond donors (Lipinski definition) is 8. The van der Waals surface area contributed by atoms with Crippen LogP contribution in [0.5, 0.6) is 0 Å². The molecule has 8 N–H and O–H groups in total. The Balaban J connectivity index is 0.00000361. The number of nitrogens with one attached hydrogen (secondary N) is 8. The Morgan fingerprint density at radius 2 is 0.660 bits per heavy atom. The first-order valence-electron chi connectivity index (χ1n) is 22.3. The zero-order valence-electron chi connectivity index (χ0n) is 31.4. The van der Waals surface area contributed by atoms with Gasteiger partial charge in [-0.1, -0.05) is 110 Å². The summed E-state index contributed by atoms with van der Waals surface area (Å²) in [6, 6.07) is 0. The molecule has 4 saturated carbocycles. The molecule has 0 aromatic heterocycles. The average molecular weight is 743 g/mol. The van der Waals surface area contributed by atoms with Gasteiger partial charge in [-0.3, -0.25) is 42.5 Å². The monoisotopic (exact) mass is 742 g/mol. The van der Waals surface area contributed by atoms with E-state index in [0.29, 0.717) is 49.3 Å². The number of fused-ring (bicyclic) bond motifs is 20. The first-order chi connectivity index (χ1) is 24.2. The molecule has 50 heavy (non-hydrogen) atoms. The van der Waals surface area contributed by atoms with E-state index in [1.54, 1.807) is 0 Å². The largest absolute Gasteiger partial charge is 0.286 e. The zero-order chi connectivity index (χ0) is 32.7. The molecule has 9 aliphatic rings. The Labute approximate surface area is 315 Å². The standard InChI is InChI=1S/C41H74N8.Cu/c1-2-3-4-5-6-7-8-16-25-17-15-24-32-33(25)41-48-39-31-23-14-13-22-30(31)37(46-39)44-35-27-19-10-9-18-26(27)34(42-35)43-36-28-20-11-12-21-29(28)38(45-36)47-40(32)49-41;/h25-49H,2-24H2,1H3;. The van der Waals surface area contributed by atoms with E-state index in [1.165, 1.54) is 148 Å². The minimum atomic E-state index is 0. The third-order valence-electron chi connectivity index (χ3n) is 16.2. The Bertz CT molecular complexity index is 1080. The van der Waals surface area contributed by atoms with Crippen molar-refractivity contribution in [1.82, 2.24) is 42.5 Å². The van der Waals surface area contributed by atoms with Gasteiger partial charge in [0.25, 0.3) is 0 Å². The van der Waals surface area contributed by atoms with Crippen molar-refractivity contribution in [3.05, 3.63) is 0 Å². The molecular formula is C41H74CuN8. The van der Waals surface area contributed by atoms with Gasteiger partial charge in [-0.05, 0) is 98.2 Å². The van der Waals surface area contributed by atoms with Gasteiger partial charge in [0.15, 0.2) is 0 Å². The van der Waals surface area contributed by atoms with Gasteiger partial charge in [-0.25, -0.2) is 0 Å². The second-order valence-electron chi connectivity index (χ2n) is 18.8. The van der Waals surface area contributed by atoms with Crippen LogP contribution in [0, 0.1) is 53.3 Å². The molecule has 17 atom stereocenters. The van der Waals surface area contributed by atoms with E-state index < -0.39 is 0 Å².